The van der Waals surface area contributed by atoms with Crippen LogP contribution < -0.4 is 10.5 Å². The molecular formula is C15H12F3NOS. The number of alkyl halides is 3. The van der Waals surface area contributed by atoms with E-state index in [4.69, 9.17) is 22.7 Å². The van der Waals surface area contributed by atoms with Crippen molar-refractivity contribution in [3.05, 3.63) is 65.2 Å². The molecule has 0 radical (unpaired) electrons. The molecule has 0 aliphatic heterocycles. The average Bonchev–Trinajstić information content (AvgIpc) is 2.45. The van der Waals surface area contributed by atoms with Crippen LogP contribution in [0.1, 0.15) is 16.7 Å². The molecule has 0 aliphatic rings. The maximum absolute atomic E-state index is 12.6. The van der Waals surface area contributed by atoms with Gasteiger partial charge in [-0.15, -0.1) is 0 Å². The lowest BCUT2D eigenvalue weighted by Gasteiger charge is -2.10. The minimum Gasteiger partial charge on any atom is -0.489 e. The largest absolute Gasteiger partial charge is 0.489 e. The third-order valence-electron chi connectivity index (χ3n) is 2.80. The molecule has 2 aromatic carbocycles. The number of nitrogens with two attached hydrogens (primary N) is 1. The van der Waals surface area contributed by atoms with Gasteiger partial charge in [0.15, 0.2) is 0 Å². The SMILES string of the molecule is NC(=S)c1ccc(OCc2cccc(C(F)(F)F)c2)cc1. The maximum Gasteiger partial charge on any atom is 0.416 e. The van der Waals surface area contributed by atoms with E-state index in [1.807, 2.05) is 0 Å². The predicted molar refractivity (Wildman–Crippen MR) is 78.1 cm³/mol. The Hall–Kier alpha value is -2.08. The fourth-order valence-electron chi connectivity index (χ4n) is 1.72. The molecule has 0 bridgehead atoms. The fourth-order valence-corrected chi connectivity index (χ4v) is 1.86. The molecule has 21 heavy (non-hydrogen) atoms. The zero-order chi connectivity index (χ0) is 15.5. The second-order valence-corrected chi connectivity index (χ2v) is 4.82. The molecule has 0 amide bonds. The van der Waals surface area contributed by atoms with E-state index in [1.165, 1.54) is 6.07 Å². The minimum atomic E-state index is -4.35. The summed E-state index contributed by atoms with van der Waals surface area (Å²) < 4.78 is 43.2. The Kier molecular flexibility index (Phi) is 4.47. The lowest BCUT2D eigenvalue weighted by Crippen LogP contribution is -2.09. The van der Waals surface area contributed by atoms with Gasteiger partial charge in [-0.1, -0.05) is 24.4 Å². The van der Waals surface area contributed by atoms with Crippen molar-refractivity contribution in [1.29, 1.82) is 0 Å². The highest BCUT2D eigenvalue weighted by Crippen LogP contribution is 2.29. The van der Waals surface area contributed by atoms with Gasteiger partial charge in [-0.2, -0.15) is 13.2 Å². The molecule has 6 heteroatoms. The highest BCUT2D eigenvalue weighted by molar-refractivity contribution is 7.80. The molecule has 0 unspecified atom stereocenters. The second-order valence-electron chi connectivity index (χ2n) is 4.38. The zero-order valence-electron chi connectivity index (χ0n) is 10.9. The molecule has 0 saturated heterocycles. The Labute approximate surface area is 125 Å². The smallest absolute Gasteiger partial charge is 0.416 e. The summed E-state index contributed by atoms with van der Waals surface area (Å²) in [5.74, 6) is 0.535. The van der Waals surface area contributed by atoms with Crippen molar-refractivity contribution in [2.24, 2.45) is 5.73 Å². The molecule has 2 nitrogen and oxygen atoms in total. The topological polar surface area (TPSA) is 35.2 Å². The lowest BCUT2D eigenvalue weighted by molar-refractivity contribution is -0.137. The predicted octanol–water partition coefficient (Wildman–Crippen LogP) is 3.92. The van der Waals surface area contributed by atoms with Gasteiger partial charge in [0.1, 0.15) is 17.3 Å². The van der Waals surface area contributed by atoms with Gasteiger partial charge in [0.25, 0.3) is 0 Å². The number of ether oxygens (including phenoxy) is 1. The number of thiocarbonyl (C=S) groups is 1. The first kappa shape index (κ1) is 15.3. The van der Waals surface area contributed by atoms with Crippen LogP contribution in [0.15, 0.2) is 48.5 Å². The van der Waals surface area contributed by atoms with Crippen LogP contribution in [0, 0.1) is 0 Å². The van der Waals surface area contributed by atoms with Gasteiger partial charge in [0, 0.05) is 5.56 Å². The molecule has 0 fully saturated rings. The van der Waals surface area contributed by atoms with Crippen LogP contribution in [0.4, 0.5) is 13.2 Å². The maximum atomic E-state index is 12.6. The highest BCUT2D eigenvalue weighted by atomic mass is 32.1. The van der Waals surface area contributed by atoms with E-state index in [0.29, 0.717) is 16.9 Å². The number of hydrogen-bond acceptors (Lipinski definition) is 2. The molecule has 2 rings (SSSR count). The Morgan fingerprint density at radius 3 is 2.33 bits per heavy atom. The van der Waals surface area contributed by atoms with E-state index < -0.39 is 11.7 Å². The molecule has 110 valence electrons. The van der Waals surface area contributed by atoms with Gasteiger partial charge in [-0.3, -0.25) is 0 Å². The Morgan fingerprint density at radius 1 is 1.10 bits per heavy atom. The van der Waals surface area contributed by atoms with E-state index in [2.05, 4.69) is 0 Å². The molecule has 2 N–H and O–H groups in total. The van der Waals surface area contributed by atoms with Gasteiger partial charge in [-0.05, 0) is 42.0 Å². The molecule has 0 atom stereocenters. The fraction of sp³-hybridized carbons (Fsp3) is 0.133. The summed E-state index contributed by atoms with van der Waals surface area (Å²) in [5.41, 5.74) is 5.94. The van der Waals surface area contributed by atoms with Crippen LogP contribution in [-0.2, 0) is 12.8 Å². The van der Waals surface area contributed by atoms with Gasteiger partial charge in [-0.25, -0.2) is 0 Å². The van der Waals surface area contributed by atoms with Crippen molar-refractivity contribution >= 4 is 17.2 Å². The average molecular weight is 311 g/mol. The summed E-state index contributed by atoms with van der Waals surface area (Å²) in [6, 6.07) is 11.8. The summed E-state index contributed by atoms with van der Waals surface area (Å²) >= 11 is 4.83. The Balaban J connectivity index is 2.04. The van der Waals surface area contributed by atoms with Crippen LogP contribution in [0.3, 0.4) is 0 Å². The summed E-state index contributed by atoms with van der Waals surface area (Å²) in [6.45, 7) is 0.0519. The first-order chi connectivity index (χ1) is 9.86. The highest BCUT2D eigenvalue weighted by Gasteiger charge is 2.30. The van der Waals surface area contributed by atoms with Crippen molar-refractivity contribution < 1.29 is 17.9 Å². The monoisotopic (exact) mass is 311 g/mol. The first-order valence-corrected chi connectivity index (χ1v) is 6.46. The van der Waals surface area contributed by atoms with Crippen molar-refractivity contribution in [2.45, 2.75) is 12.8 Å². The van der Waals surface area contributed by atoms with E-state index >= 15 is 0 Å². The van der Waals surface area contributed by atoms with Crippen LogP contribution in [0.2, 0.25) is 0 Å². The second kappa shape index (κ2) is 6.13. The van der Waals surface area contributed by atoms with Gasteiger partial charge in [0.05, 0.1) is 5.56 Å². The van der Waals surface area contributed by atoms with Crippen LogP contribution >= 0.6 is 12.2 Å². The van der Waals surface area contributed by atoms with E-state index in [1.54, 1.807) is 30.3 Å². The number of benzene rings is 2. The summed E-state index contributed by atoms with van der Waals surface area (Å²) in [4.78, 5) is 0.277. The summed E-state index contributed by atoms with van der Waals surface area (Å²) in [7, 11) is 0. The van der Waals surface area contributed by atoms with E-state index in [9.17, 15) is 13.2 Å². The van der Waals surface area contributed by atoms with Crippen molar-refractivity contribution in [1.82, 2.24) is 0 Å². The summed E-state index contributed by atoms with van der Waals surface area (Å²) in [5, 5.41) is 0. The lowest BCUT2D eigenvalue weighted by atomic mass is 10.1. The van der Waals surface area contributed by atoms with E-state index in [-0.39, 0.29) is 11.6 Å². The molecule has 0 heterocycles. The molecule has 0 spiro atoms. The number of halogens is 3. The van der Waals surface area contributed by atoms with Crippen LogP contribution in [-0.4, -0.2) is 4.99 Å². The minimum absolute atomic E-state index is 0.0519. The molecule has 0 saturated carbocycles. The van der Waals surface area contributed by atoms with Gasteiger partial charge in [0.2, 0.25) is 0 Å². The molecule has 2 aromatic rings. The third-order valence-corrected chi connectivity index (χ3v) is 3.03. The molecular weight excluding hydrogens is 299 g/mol. The Bertz CT molecular complexity index is 638. The zero-order valence-corrected chi connectivity index (χ0v) is 11.7. The number of rotatable bonds is 4. The van der Waals surface area contributed by atoms with E-state index in [0.717, 1.165) is 12.1 Å². The standard InChI is InChI=1S/C15H12F3NOS/c16-15(17,18)12-3-1-2-10(8-12)9-20-13-6-4-11(5-7-13)14(19)21/h1-8H,9H2,(H2,19,21). The first-order valence-electron chi connectivity index (χ1n) is 6.05. The van der Waals surface area contributed by atoms with Crippen LogP contribution in [0.25, 0.3) is 0 Å². The summed E-state index contributed by atoms with van der Waals surface area (Å²) in [6.07, 6.45) is -4.35. The Morgan fingerprint density at radius 2 is 1.76 bits per heavy atom. The number of hydrogen-bond donors (Lipinski definition) is 1. The quantitative estimate of drug-likeness (QED) is 0.869. The van der Waals surface area contributed by atoms with Crippen LogP contribution in [0.5, 0.6) is 5.75 Å². The molecule has 0 aliphatic carbocycles. The van der Waals surface area contributed by atoms with Gasteiger partial charge >= 0.3 is 6.18 Å². The molecule has 0 aromatic heterocycles. The van der Waals surface area contributed by atoms with Crippen molar-refractivity contribution in [3.8, 4) is 5.75 Å². The van der Waals surface area contributed by atoms with Crippen molar-refractivity contribution in [2.75, 3.05) is 0 Å². The van der Waals surface area contributed by atoms with Crippen molar-refractivity contribution in [3.63, 3.8) is 0 Å². The third kappa shape index (κ3) is 4.19. The van der Waals surface area contributed by atoms with Gasteiger partial charge < -0.3 is 10.5 Å². The normalized spacial score (nSPS) is 11.2.